The molecule has 2 aromatic carbocycles. The minimum Gasteiger partial charge on any atom is -0.484 e. The Bertz CT molecular complexity index is 1140. The maximum Gasteiger partial charge on any atom is 0.260 e. The van der Waals surface area contributed by atoms with Crippen LogP contribution in [0.15, 0.2) is 66.0 Å². The Balaban J connectivity index is 1.48. The number of halogens is 1. The number of hydrogen-bond acceptors (Lipinski definition) is 5. The van der Waals surface area contributed by atoms with E-state index in [1.165, 1.54) is 10.4 Å². The van der Waals surface area contributed by atoms with Crippen molar-refractivity contribution in [1.82, 2.24) is 9.80 Å². The molecule has 0 fully saturated rings. The van der Waals surface area contributed by atoms with E-state index in [1.807, 2.05) is 30.0 Å². The molecular weight excluding hydrogens is 496 g/mol. The number of fused-ring (bicyclic) bond motifs is 1. The summed E-state index contributed by atoms with van der Waals surface area (Å²) in [6.07, 6.45) is 1.46. The fourth-order valence-electron chi connectivity index (χ4n) is 4.39. The van der Waals surface area contributed by atoms with Crippen molar-refractivity contribution in [2.45, 2.75) is 25.8 Å². The Morgan fingerprint density at radius 1 is 1.11 bits per heavy atom. The number of amides is 2. The van der Waals surface area contributed by atoms with Crippen molar-refractivity contribution in [3.8, 4) is 5.75 Å². The first-order valence-corrected chi connectivity index (χ1v) is 13.5. The molecule has 4 rings (SSSR count). The monoisotopic (exact) mass is 526 g/mol. The molecule has 1 aromatic heterocycles. The summed E-state index contributed by atoms with van der Waals surface area (Å²) >= 11 is 7.67. The number of rotatable bonds is 11. The Hall–Kier alpha value is -2.87. The highest BCUT2D eigenvalue weighted by Crippen LogP contribution is 2.37. The molecule has 190 valence electrons. The summed E-state index contributed by atoms with van der Waals surface area (Å²) in [5.74, 6) is 0.245. The summed E-state index contributed by atoms with van der Waals surface area (Å²) in [7, 11) is 0. The zero-order valence-corrected chi connectivity index (χ0v) is 22.0. The summed E-state index contributed by atoms with van der Waals surface area (Å²) < 4.78 is 11.1. The van der Waals surface area contributed by atoms with E-state index in [0.29, 0.717) is 43.5 Å². The zero-order valence-electron chi connectivity index (χ0n) is 20.4. The second-order valence-electron chi connectivity index (χ2n) is 8.56. The second kappa shape index (κ2) is 12.9. The lowest BCUT2D eigenvalue weighted by Crippen LogP contribution is -2.48. The molecule has 2 amide bonds. The van der Waals surface area contributed by atoms with Gasteiger partial charge >= 0.3 is 0 Å². The minimum absolute atomic E-state index is 0.00224. The van der Waals surface area contributed by atoms with Crippen LogP contribution in [0.3, 0.4) is 0 Å². The van der Waals surface area contributed by atoms with Crippen LogP contribution in [0.4, 0.5) is 0 Å². The average Bonchev–Trinajstić information content (AvgIpc) is 3.39. The molecule has 0 aliphatic carbocycles. The molecule has 0 spiro atoms. The number of carbonyl (C=O) groups excluding carboxylic acids is 2. The first-order valence-electron chi connectivity index (χ1n) is 12.2. The highest BCUT2D eigenvalue weighted by Gasteiger charge is 2.33. The molecule has 0 N–H and O–H groups in total. The quantitative estimate of drug-likeness (QED) is 0.322. The molecule has 3 aromatic rings. The lowest BCUT2D eigenvalue weighted by atomic mass is 9.93. The first-order chi connectivity index (χ1) is 17.6. The SMILES string of the molecule is CCOCCCN(CC(=O)N1CCc2sccc2C1c1ccccc1)C(=O)COc1ccc(Cl)cc1. The predicted molar refractivity (Wildman–Crippen MR) is 143 cm³/mol. The van der Waals surface area contributed by atoms with Crippen molar-refractivity contribution in [2.75, 3.05) is 39.5 Å². The normalized spacial score (nSPS) is 14.8. The minimum atomic E-state index is -0.237. The van der Waals surface area contributed by atoms with Gasteiger partial charge in [0, 0.05) is 36.2 Å². The average molecular weight is 527 g/mol. The van der Waals surface area contributed by atoms with Gasteiger partial charge in [-0.15, -0.1) is 11.3 Å². The fourth-order valence-corrected chi connectivity index (χ4v) is 5.42. The standard InChI is InChI=1S/C28H31ClN2O4S/c1-2-34-17-6-15-30(27(33)20-35-23-11-9-22(29)10-12-23)19-26(32)31-16-13-25-24(14-18-36-25)28(31)21-7-4-3-5-8-21/h3-5,7-12,14,18,28H,2,6,13,15-17,19-20H2,1H3. The van der Waals surface area contributed by atoms with Crippen molar-refractivity contribution in [1.29, 1.82) is 0 Å². The van der Waals surface area contributed by atoms with Gasteiger partial charge in [-0.1, -0.05) is 41.9 Å². The van der Waals surface area contributed by atoms with Gasteiger partial charge in [0.25, 0.3) is 5.91 Å². The molecule has 0 saturated heterocycles. The highest BCUT2D eigenvalue weighted by atomic mass is 35.5. The van der Waals surface area contributed by atoms with Crippen LogP contribution >= 0.6 is 22.9 Å². The van der Waals surface area contributed by atoms with Crippen LogP contribution in [0.2, 0.25) is 5.02 Å². The molecule has 6 nitrogen and oxygen atoms in total. The Morgan fingerprint density at radius 2 is 1.89 bits per heavy atom. The number of nitrogens with zero attached hydrogens (tertiary/aromatic N) is 2. The first kappa shape index (κ1) is 26.2. The lowest BCUT2D eigenvalue weighted by molar-refractivity contribution is -0.143. The van der Waals surface area contributed by atoms with Gasteiger partial charge in [0.15, 0.2) is 6.61 Å². The smallest absolute Gasteiger partial charge is 0.260 e. The van der Waals surface area contributed by atoms with Crippen LogP contribution in [-0.2, 0) is 20.7 Å². The fraction of sp³-hybridized carbons (Fsp3) is 0.357. The molecule has 0 radical (unpaired) electrons. The third-order valence-corrected chi connectivity index (χ3v) is 7.43. The Morgan fingerprint density at radius 3 is 2.64 bits per heavy atom. The van der Waals surface area contributed by atoms with E-state index in [1.54, 1.807) is 40.5 Å². The lowest BCUT2D eigenvalue weighted by Gasteiger charge is -2.37. The summed E-state index contributed by atoms with van der Waals surface area (Å²) in [5, 5.41) is 2.69. The van der Waals surface area contributed by atoms with Gasteiger partial charge in [-0.25, -0.2) is 0 Å². The van der Waals surface area contributed by atoms with Gasteiger partial charge in [-0.05, 0) is 66.6 Å². The van der Waals surface area contributed by atoms with Gasteiger partial charge in [-0.3, -0.25) is 9.59 Å². The molecule has 1 atom stereocenters. The van der Waals surface area contributed by atoms with Gasteiger partial charge in [0.05, 0.1) is 12.6 Å². The second-order valence-corrected chi connectivity index (χ2v) is 9.99. The third kappa shape index (κ3) is 6.66. The van der Waals surface area contributed by atoms with Crippen LogP contribution in [0.1, 0.15) is 35.4 Å². The molecule has 0 saturated carbocycles. The van der Waals surface area contributed by atoms with E-state index in [0.717, 1.165) is 12.0 Å². The maximum absolute atomic E-state index is 13.7. The van der Waals surface area contributed by atoms with Crippen LogP contribution < -0.4 is 4.74 Å². The molecule has 1 unspecified atom stereocenters. The molecule has 8 heteroatoms. The maximum atomic E-state index is 13.7. The number of carbonyl (C=O) groups is 2. The highest BCUT2D eigenvalue weighted by molar-refractivity contribution is 7.10. The van der Waals surface area contributed by atoms with Crippen LogP contribution in [0, 0.1) is 0 Å². The molecular formula is C28H31ClN2O4S. The van der Waals surface area contributed by atoms with Crippen molar-refractivity contribution in [2.24, 2.45) is 0 Å². The Labute approximate surface area is 221 Å². The topological polar surface area (TPSA) is 59.1 Å². The molecule has 1 aliphatic rings. The van der Waals surface area contributed by atoms with Gasteiger partial charge in [0.2, 0.25) is 5.91 Å². The molecule has 2 heterocycles. The van der Waals surface area contributed by atoms with Gasteiger partial charge < -0.3 is 19.3 Å². The predicted octanol–water partition coefficient (Wildman–Crippen LogP) is 5.21. The van der Waals surface area contributed by atoms with E-state index in [9.17, 15) is 9.59 Å². The van der Waals surface area contributed by atoms with Crippen molar-refractivity contribution in [3.05, 3.63) is 87.1 Å². The summed E-state index contributed by atoms with van der Waals surface area (Å²) in [5.41, 5.74) is 2.25. The molecule has 36 heavy (non-hydrogen) atoms. The van der Waals surface area contributed by atoms with Crippen molar-refractivity contribution in [3.63, 3.8) is 0 Å². The molecule has 0 bridgehead atoms. The van der Waals surface area contributed by atoms with E-state index in [-0.39, 0.29) is 31.0 Å². The van der Waals surface area contributed by atoms with Crippen LogP contribution in [0.25, 0.3) is 0 Å². The number of thiophene rings is 1. The number of hydrogen-bond donors (Lipinski definition) is 0. The number of ether oxygens (including phenoxy) is 2. The summed E-state index contributed by atoms with van der Waals surface area (Å²) in [4.78, 5) is 31.6. The van der Waals surface area contributed by atoms with Crippen molar-refractivity contribution >= 4 is 34.8 Å². The van der Waals surface area contributed by atoms with E-state index in [4.69, 9.17) is 21.1 Å². The molecule has 1 aliphatic heterocycles. The largest absolute Gasteiger partial charge is 0.484 e. The summed E-state index contributed by atoms with van der Waals surface area (Å²) in [6, 6.07) is 18.9. The Kier molecular flexibility index (Phi) is 9.39. The van der Waals surface area contributed by atoms with Crippen LogP contribution in [-0.4, -0.2) is 61.1 Å². The van der Waals surface area contributed by atoms with Gasteiger partial charge in [0.1, 0.15) is 5.75 Å². The third-order valence-electron chi connectivity index (χ3n) is 6.18. The van der Waals surface area contributed by atoms with Crippen molar-refractivity contribution < 1.29 is 19.1 Å². The van der Waals surface area contributed by atoms with E-state index < -0.39 is 0 Å². The number of benzene rings is 2. The van der Waals surface area contributed by atoms with E-state index in [2.05, 4.69) is 23.6 Å². The van der Waals surface area contributed by atoms with Gasteiger partial charge in [-0.2, -0.15) is 0 Å². The summed E-state index contributed by atoms with van der Waals surface area (Å²) in [6.45, 7) is 3.96. The van der Waals surface area contributed by atoms with Crippen LogP contribution in [0.5, 0.6) is 5.75 Å². The van der Waals surface area contributed by atoms with E-state index >= 15 is 0 Å². The zero-order chi connectivity index (χ0) is 25.3.